The molecule has 0 unspecified atom stereocenters. The molecule has 0 fully saturated rings. The van der Waals surface area contributed by atoms with Crippen molar-refractivity contribution in [2.24, 2.45) is 0 Å². The van der Waals surface area contributed by atoms with Gasteiger partial charge in [-0.1, -0.05) is 76.8 Å². The molecule has 1 aromatic carbocycles. The van der Waals surface area contributed by atoms with Crippen LogP contribution in [0.15, 0.2) is 90.3 Å². The van der Waals surface area contributed by atoms with E-state index in [-0.39, 0.29) is 11.5 Å². The van der Waals surface area contributed by atoms with E-state index in [0.29, 0.717) is 24.5 Å². The summed E-state index contributed by atoms with van der Waals surface area (Å²) in [7, 11) is 0. The van der Waals surface area contributed by atoms with Crippen molar-refractivity contribution in [1.29, 1.82) is 0 Å². The maximum Gasteiger partial charge on any atom is 0.310 e. The van der Waals surface area contributed by atoms with Gasteiger partial charge in [-0.05, 0) is 31.1 Å². The quantitative estimate of drug-likeness (QED) is 0.203. The van der Waals surface area contributed by atoms with Crippen molar-refractivity contribution < 1.29 is 14.4 Å². The van der Waals surface area contributed by atoms with Crippen LogP contribution in [0.5, 0.6) is 0 Å². The summed E-state index contributed by atoms with van der Waals surface area (Å²) in [6.07, 6.45) is 9.66. The molecule has 1 aliphatic carbocycles. The summed E-state index contributed by atoms with van der Waals surface area (Å²) in [5, 5.41) is 11.2. The van der Waals surface area contributed by atoms with Crippen molar-refractivity contribution >= 4 is 0 Å². The Morgan fingerprint density at radius 2 is 1.86 bits per heavy atom. The van der Waals surface area contributed by atoms with Gasteiger partial charge in [0.1, 0.15) is 12.4 Å². The monoisotopic (exact) mass is 399 g/mol. The Hall–Kier alpha value is -3.08. The summed E-state index contributed by atoms with van der Waals surface area (Å²) >= 11 is 0. The molecule has 0 heterocycles. The smallest absolute Gasteiger partial charge is 0.310 e. The summed E-state index contributed by atoms with van der Waals surface area (Å²) in [5.41, 5.74) is 0.858. The van der Waals surface area contributed by atoms with Crippen LogP contribution in [0.4, 0.5) is 0 Å². The first kappa shape index (κ1) is 25.9. The third-order valence-electron chi connectivity index (χ3n) is 3.52. The fourth-order valence-electron chi connectivity index (χ4n) is 2.31. The first-order chi connectivity index (χ1) is 14.2. The molecule has 0 amide bonds. The molecule has 5 nitrogen and oxygen atoms in total. The molecule has 158 valence electrons. The molecular formula is C24H33NO4. The van der Waals surface area contributed by atoms with Crippen molar-refractivity contribution in [3.63, 3.8) is 0 Å². The lowest BCUT2D eigenvalue weighted by molar-refractivity contribution is -0.421. The Morgan fingerprint density at radius 3 is 2.41 bits per heavy atom. The van der Waals surface area contributed by atoms with E-state index >= 15 is 0 Å². The number of nitrogens with zero attached hydrogens (tertiary/aromatic N) is 1. The van der Waals surface area contributed by atoms with Crippen LogP contribution in [-0.4, -0.2) is 4.92 Å². The maximum atomic E-state index is 11.2. The van der Waals surface area contributed by atoms with E-state index in [2.05, 4.69) is 6.58 Å². The van der Waals surface area contributed by atoms with E-state index < -0.39 is 4.92 Å². The van der Waals surface area contributed by atoms with E-state index in [4.69, 9.17) is 9.47 Å². The van der Waals surface area contributed by atoms with Crippen LogP contribution >= 0.6 is 0 Å². The van der Waals surface area contributed by atoms with Gasteiger partial charge in [0.25, 0.3) is 0 Å². The van der Waals surface area contributed by atoms with Gasteiger partial charge in [-0.2, -0.15) is 0 Å². The number of allylic oxidation sites excluding steroid dienone is 6. The van der Waals surface area contributed by atoms with Crippen LogP contribution in [0.2, 0.25) is 0 Å². The van der Waals surface area contributed by atoms with Crippen LogP contribution in [0.1, 0.15) is 53.0 Å². The summed E-state index contributed by atoms with van der Waals surface area (Å²) in [5.74, 6) is 1.29. The fraction of sp³-hybridized carbons (Fsp3) is 0.333. The summed E-state index contributed by atoms with van der Waals surface area (Å²) < 4.78 is 11.7. The van der Waals surface area contributed by atoms with Gasteiger partial charge in [-0.3, -0.25) is 10.1 Å². The minimum atomic E-state index is -0.514. The molecule has 0 atom stereocenters. The number of ether oxygens (including phenoxy) is 2. The van der Waals surface area contributed by atoms with E-state index in [1.54, 1.807) is 25.2 Å². The summed E-state index contributed by atoms with van der Waals surface area (Å²) in [6.45, 7) is 13.7. The largest absolute Gasteiger partial charge is 0.489 e. The van der Waals surface area contributed by atoms with Gasteiger partial charge < -0.3 is 9.47 Å². The third kappa shape index (κ3) is 9.10. The zero-order valence-corrected chi connectivity index (χ0v) is 18.2. The third-order valence-corrected chi connectivity index (χ3v) is 3.52. The van der Waals surface area contributed by atoms with Gasteiger partial charge in [-0.25, -0.2) is 0 Å². The number of hydrogen-bond acceptors (Lipinski definition) is 4. The highest BCUT2D eigenvalue weighted by Crippen LogP contribution is 2.26. The predicted octanol–water partition coefficient (Wildman–Crippen LogP) is 7.08. The molecule has 1 aliphatic rings. The Labute approximate surface area is 174 Å². The van der Waals surface area contributed by atoms with Crippen molar-refractivity contribution in [3.8, 4) is 0 Å². The van der Waals surface area contributed by atoms with Gasteiger partial charge in [0, 0.05) is 12.5 Å². The SMILES string of the molecule is C=C/C(=C(\C=C/C)OC1=C(OCc2ccccc2)CCC=C1)[N+](=O)[O-].CC.CC. The van der Waals surface area contributed by atoms with Gasteiger partial charge >= 0.3 is 5.70 Å². The molecule has 0 N–H and O–H groups in total. The standard InChI is InChI=1S/C20H21NO4.2C2H6/c1-3-10-18(17(4-2)21(22)23)25-20-14-9-8-13-19(20)24-15-16-11-6-5-7-12-16;2*1-2/h3-7,9-12,14H,2,8,13,15H2,1H3;2*1-2H3/b10-3-,18-17-;;. The second-order valence-electron chi connectivity index (χ2n) is 5.32. The van der Waals surface area contributed by atoms with Gasteiger partial charge in [-0.15, -0.1) is 0 Å². The Kier molecular flexibility index (Phi) is 14.2. The molecule has 2 rings (SSSR count). The maximum absolute atomic E-state index is 11.2. The molecular weight excluding hydrogens is 366 g/mol. The molecule has 1 aromatic rings. The Balaban J connectivity index is 0.00000184. The van der Waals surface area contributed by atoms with E-state index in [0.717, 1.165) is 12.0 Å². The molecule has 0 bridgehead atoms. The molecule has 0 radical (unpaired) electrons. The lowest BCUT2D eigenvalue weighted by Crippen LogP contribution is -2.07. The predicted molar refractivity (Wildman–Crippen MR) is 119 cm³/mol. The van der Waals surface area contributed by atoms with Crippen molar-refractivity contribution in [1.82, 2.24) is 0 Å². The normalized spacial score (nSPS) is 13.4. The highest BCUT2D eigenvalue weighted by atomic mass is 16.6. The van der Waals surface area contributed by atoms with Gasteiger partial charge in [0.15, 0.2) is 5.76 Å². The zero-order chi connectivity index (χ0) is 22.1. The molecule has 29 heavy (non-hydrogen) atoms. The minimum Gasteiger partial charge on any atom is -0.489 e. The molecule has 0 aromatic heterocycles. The van der Waals surface area contributed by atoms with Gasteiger partial charge in [0.05, 0.1) is 4.92 Å². The van der Waals surface area contributed by atoms with Crippen molar-refractivity contribution in [2.75, 3.05) is 0 Å². The Morgan fingerprint density at radius 1 is 1.21 bits per heavy atom. The first-order valence-corrected chi connectivity index (χ1v) is 10.0. The van der Waals surface area contributed by atoms with E-state index in [9.17, 15) is 10.1 Å². The highest BCUT2D eigenvalue weighted by molar-refractivity contribution is 5.29. The van der Waals surface area contributed by atoms with Crippen LogP contribution in [0, 0.1) is 10.1 Å². The zero-order valence-electron chi connectivity index (χ0n) is 18.2. The Bertz CT molecular complexity index is 743. The molecule has 0 saturated heterocycles. The molecule has 0 aliphatic heterocycles. The number of nitro groups is 1. The first-order valence-electron chi connectivity index (χ1n) is 10.0. The van der Waals surface area contributed by atoms with Crippen LogP contribution in [0.25, 0.3) is 0 Å². The average Bonchev–Trinajstić information content (AvgIpc) is 2.77. The fourth-order valence-corrected chi connectivity index (χ4v) is 2.31. The lowest BCUT2D eigenvalue weighted by Gasteiger charge is -2.18. The van der Waals surface area contributed by atoms with Crippen LogP contribution in [-0.2, 0) is 16.1 Å². The minimum absolute atomic E-state index is 0.130. The molecule has 0 saturated carbocycles. The molecule has 5 heteroatoms. The molecule has 0 spiro atoms. The van der Waals surface area contributed by atoms with E-state index in [1.807, 2.05) is 64.1 Å². The van der Waals surface area contributed by atoms with E-state index in [1.165, 1.54) is 6.08 Å². The van der Waals surface area contributed by atoms with Gasteiger partial charge in [0.2, 0.25) is 5.76 Å². The average molecular weight is 400 g/mol. The number of benzene rings is 1. The summed E-state index contributed by atoms with van der Waals surface area (Å²) in [4.78, 5) is 10.7. The highest BCUT2D eigenvalue weighted by Gasteiger charge is 2.19. The second kappa shape index (κ2) is 15.9. The number of rotatable bonds is 8. The summed E-state index contributed by atoms with van der Waals surface area (Å²) in [6, 6.07) is 9.81. The van der Waals surface area contributed by atoms with Crippen molar-refractivity contribution in [2.45, 2.75) is 54.1 Å². The topological polar surface area (TPSA) is 61.6 Å². The van der Waals surface area contributed by atoms with Crippen molar-refractivity contribution in [3.05, 3.63) is 106 Å². The van der Waals surface area contributed by atoms with Crippen LogP contribution < -0.4 is 0 Å². The lowest BCUT2D eigenvalue weighted by atomic mass is 10.1. The second-order valence-corrected chi connectivity index (χ2v) is 5.32. The number of hydrogen-bond donors (Lipinski definition) is 0. The van der Waals surface area contributed by atoms with Crippen LogP contribution in [0.3, 0.4) is 0 Å².